The molecule has 6 nitrogen and oxygen atoms in total. The average Bonchev–Trinajstić information content (AvgIpc) is 2.87. The molecule has 0 fully saturated rings. The molecule has 2 heterocycles. The monoisotopic (exact) mass is 279 g/mol. The van der Waals surface area contributed by atoms with Crippen LogP contribution in [-0.4, -0.2) is 28.8 Å². The third-order valence-corrected chi connectivity index (χ3v) is 3.44. The number of unbranched alkanes of at least 4 members (excludes halogenated alkanes) is 1. The van der Waals surface area contributed by atoms with Gasteiger partial charge in [0, 0.05) is 18.2 Å². The number of nitrogens with two attached hydrogens (primary N) is 1. The van der Waals surface area contributed by atoms with Crippen LogP contribution in [0.3, 0.4) is 0 Å². The normalized spacial score (nSPS) is 10.4. The number of rotatable bonds is 6. The topological polar surface area (TPSA) is 86.0 Å². The lowest BCUT2D eigenvalue weighted by atomic mass is 10.2. The van der Waals surface area contributed by atoms with Gasteiger partial charge >= 0.3 is 0 Å². The van der Waals surface area contributed by atoms with E-state index in [-0.39, 0.29) is 0 Å². The fourth-order valence-corrected chi connectivity index (χ4v) is 2.29. The predicted octanol–water partition coefficient (Wildman–Crippen LogP) is 2.40. The molecule has 0 aliphatic heterocycles. The van der Waals surface area contributed by atoms with E-state index in [2.05, 4.69) is 27.4 Å². The molecule has 0 bridgehead atoms. The lowest BCUT2D eigenvalue weighted by molar-refractivity contribution is 0.399. The molecule has 0 amide bonds. The third kappa shape index (κ3) is 3.54. The molecule has 0 spiro atoms. The third-order valence-electron chi connectivity index (χ3n) is 2.51. The maximum atomic E-state index is 5.73. The number of anilines is 2. The highest BCUT2D eigenvalue weighted by Gasteiger charge is 2.09. The van der Waals surface area contributed by atoms with Crippen molar-refractivity contribution in [3.8, 4) is 16.5 Å². The fourth-order valence-electron chi connectivity index (χ4n) is 1.54. The van der Waals surface area contributed by atoms with Crippen LogP contribution in [0.4, 0.5) is 10.9 Å². The first-order valence-electron chi connectivity index (χ1n) is 6.12. The highest BCUT2D eigenvalue weighted by atomic mass is 32.1. The standard InChI is InChI=1S/C12H17N5OS/c1-3-4-5-14-12-17-16-11(19-12)8-6-9(13)15-10(7-8)18-2/h6-7H,3-5H2,1-2H3,(H2,13,15)(H,14,17). The highest BCUT2D eigenvalue weighted by molar-refractivity contribution is 7.18. The summed E-state index contributed by atoms with van der Waals surface area (Å²) in [5, 5.41) is 13.1. The van der Waals surface area contributed by atoms with E-state index in [0.29, 0.717) is 11.7 Å². The van der Waals surface area contributed by atoms with Gasteiger partial charge in [0.25, 0.3) is 0 Å². The molecule has 2 rings (SSSR count). The number of methoxy groups -OCH3 is 1. The summed E-state index contributed by atoms with van der Waals surface area (Å²) in [5.74, 6) is 0.885. The van der Waals surface area contributed by atoms with E-state index < -0.39 is 0 Å². The van der Waals surface area contributed by atoms with Crippen LogP contribution in [-0.2, 0) is 0 Å². The summed E-state index contributed by atoms with van der Waals surface area (Å²) in [6.45, 7) is 3.06. The summed E-state index contributed by atoms with van der Waals surface area (Å²) < 4.78 is 5.09. The summed E-state index contributed by atoms with van der Waals surface area (Å²) in [4.78, 5) is 4.04. The number of ether oxygens (including phenoxy) is 1. The SMILES string of the molecule is CCCCNc1nnc(-c2cc(N)nc(OC)c2)s1. The minimum atomic E-state index is 0.407. The number of pyridine rings is 1. The van der Waals surface area contributed by atoms with Crippen LogP contribution in [0, 0.1) is 0 Å². The summed E-state index contributed by atoms with van der Waals surface area (Å²) in [7, 11) is 1.56. The van der Waals surface area contributed by atoms with E-state index in [9.17, 15) is 0 Å². The smallest absolute Gasteiger partial charge is 0.215 e. The number of nitrogens with zero attached hydrogens (tertiary/aromatic N) is 3. The highest BCUT2D eigenvalue weighted by Crippen LogP contribution is 2.29. The molecule has 7 heteroatoms. The Morgan fingerprint density at radius 1 is 1.37 bits per heavy atom. The molecule has 0 aliphatic rings. The van der Waals surface area contributed by atoms with Crippen LogP contribution in [0.2, 0.25) is 0 Å². The van der Waals surface area contributed by atoms with E-state index in [4.69, 9.17) is 10.5 Å². The zero-order chi connectivity index (χ0) is 13.7. The molecule has 102 valence electrons. The van der Waals surface area contributed by atoms with Gasteiger partial charge < -0.3 is 15.8 Å². The van der Waals surface area contributed by atoms with Crippen molar-refractivity contribution in [2.75, 3.05) is 24.7 Å². The van der Waals surface area contributed by atoms with Crippen LogP contribution in [0.5, 0.6) is 5.88 Å². The average molecular weight is 279 g/mol. The molecule has 0 saturated carbocycles. The van der Waals surface area contributed by atoms with Gasteiger partial charge in [0.15, 0.2) is 0 Å². The lowest BCUT2D eigenvalue weighted by Crippen LogP contribution is -1.99. The van der Waals surface area contributed by atoms with Crippen molar-refractivity contribution in [1.82, 2.24) is 15.2 Å². The van der Waals surface area contributed by atoms with Gasteiger partial charge in [0.2, 0.25) is 11.0 Å². The first-order chi connectivity index (χ1) is 9.22. The summed E-state index contributed by atoms with van der Waals surface area (Å²) in [6, 6.07) is 3.56. The Labute approximate surface area is 116 Å². The minimum Gasteiger partial charge on any atom is -0.481 e. The molecule has 3 N–H and O–H groups in total. The van der Waals surface area contributed by atoms with Crippen LogP contribution in [0.1, 0.15) is 19.8 Å². The molecule has 19 heavy (non-hydrogen) atoms. The lowest BCUT2D eigenvalue weighted by Gasteiger charge is -2.02. The van der Waals surface area contributed by atoms with Gasteiger partial charge in [-0.3, -0.25) is 0 Å². The first-order valence-corrected chi connectivity index (χ1v) is 6.94. The van der Waals surface area contributed by atoms with Crippen molar-refractivity contribution >= 4 is 22.3 Å². The Kier molecular flexibility index (Phi) is 4.51. The van der Waals surface area contributed by atoms with E-state index in [1.165, 1.54) is 11.3 Å². The van der Waals surface area contributed by atoms with Gasteiger partial charge in [-0.15, -0.1) is 10.2 Å². The van der Waals surface area contributed by atoms with E-state index in [1.807, 2.05) is 0 Å². The summed E-state index contributed by atoms with van der Waals surface area (Å²) >= 11 is 1.49. The van der Waals surface area contributed by atoms with Crippen molar-refractivity contribution in [1.29, 1.82) is 0 Å². The number of hydrogen-bond acceptors (Lipinski definition) is 7. The van der Waals surface area contributed by atoms with Crippen LogP contribution >= 0.6 is 11.3 Å². The molecule has 2 aromatic heterocycles. The molecule has 2 aromatic rings. The predicted molar refractivity (Wildman–Crippen MR) is 77.5 cm³/mol. The zero-order valence-electron chi connectivity index (χ0n) is 11.0. The first kappa shape index (κ1) is 13.5. The van der Waals surface area contributed by atoms with Gasteiger partial charge in [-0.2, -0.15) is 4.98 Å². The molecule has 0 atom stereocenters. The van der Waals surface area contributed by atoms with Gasteiger partial charge in [0.05, 0.1) is 7.11 Å². The Hall–Kier alpha value is -1.89. The second kappa shape index (κ2) is 6.33. The molecule has 0 saturated heterocycles. The molecule has 0 aromatic carbocycles. The second-order valence-electron chi connectivity index (χ2n) is 4.02. The van der Waals surface area contributed by atoms with E-state index >= 15 is 0 Å². The van der Waals surface area contributed by atoms with Gasteiger partial charge in [0.1, 0.15) is 10.8 Å². The van der Waals surface area contributed by atoms with Crippen LogP contribution < -0.4 is 15.8 Å². The fraction of sp³-hybridized carbons (Fsp3) is 0.417. The minimum absolute atomic E-state index is 0.407. The quantitative estimate of drug-likeness (QED) is 0.790. The van der Waals surface area contributed by atoms with Crippen LogP contribution in [0.25, 0.3) is 10.6 Å². The van der Waals surface area contributed by atoms with Gasteiger partial charge in [-0.05, 0) is 12.5 Å². The largest absolute Gasteiger partial charge is 0.481 e. The maximum absolute atomic E-state index is 5.73. The Morgan fingerprint density at radius 3 is 2.95 bits per heavy atom. The van der Waals surface area contributed by atoms with Crippen molar-refractivity contribution in [3.63, 3.8) is 0 Å². The summed E-state index contributed by atoms with van der Waals surface area (Å²) in [5.41, 5.74) is 6.59. The van der Waals surface area contributed by atoms with Crippen molar-refractivity contribution in [3.05, 3.63) is 12.1 Å². The number of hydrogen-bond donors (Lipinski definition) is 2. The van der Waals surface area contributed by atoms with E-state index in [1.54, 1.807) is 19.2 Å². The molecular formula is C12H17N5OS. The molecule has 0 unspecified atom stereocenters. The number of nitrogen functional groups attached to an aromatic ring is 1. The zero-order valence-corrected chi connectivity index (χ0v) is 11.8. The number of nitrogens with one attached hydrogen (secondary N) is 1. The van der Waals surface area contributed by atoms with Gasteiger partial charge in [-0.1, -0.05) is 24.7 Å². The van der Waals surface area contributed by atoms with Crippen LogP contribution in [0.15, 0.2) is 12.1 Å². The second-order valence-corrected chi connectivity index (χ2v) is 4.99. The molecule has 0 aliphatic carbocycles. The maximum Gasteiger partial charge on any atom is 0.215 e. The molecular weight excluding hydrogens is 262 g/mol. The van der Waals surface area contributed by atoms with Crippen molar-refractivity contribution < 1.29 is 4.74 Å². The van der Waals surface area contributed by atoms with E-state index in [0.717, 1.165) is 35.1 Å². The van der Waals surface area contributed by atoms with Crippen molar-refractivity contribution in [2.45, 2.75) is 19.8 Å². The van der Waals surface area contributed by atoms with Gasteiger partial charge in [-0.25, -0.2) is 0 Å². The Balaban J connectivity index is 2.15. The molecule has 0 radical (unpaired) electrons. The Bertz CT molecular complexity index is 543. The number of aromatic nitrogens is 3. The summed E-state index contributed by atoms with van der Waals surface area (Å²) in [6.07, 6.45) is 2.27. The Morgan fingerprint density at radius 2 is 2.21 bits per heavy atom. The van der Waals surface area contributed by atoms with Crippen molar-refractivity contribution in [2.24, 2.45) is 0 Å².